The Balaban J connectivity index is 1.72. The number of likely N-dealkylation sites (N-methyl/N-ethyl adjacent to an activating group) is 1. The molecule has 0 unspecified atom stereocenters. The lowest BCUT2D eigenvalue weighted by Gasteiger charge is -2.21. The standard InChI is InChI=1S/C22H28N2O2/c1-4-24(15-16(2)3)22(25)20-14-21(26-23-20)19-12-10-18(11-13-19)17-8-6-5-7-9-17/h10-14,17H,2,4-9,15H2,1,3H3. The number of rotatable bonds is 6. The molecule has 0 aliphatic heterocycles. The minimum absolute atomic E-state index is 0.121. The van der Waals surface area contributed by atoms with Crippen LogP contribution in [0, 0.1) is 0 Å². The Kier molecular flexibility index (Phi) is 5.92. The van der Waals surface area contributed by atoms with Crippen molar-refractivity contribution in [2.24, 2.45) is 0 Å². The van der Waals surface area contributed by atoms with Gasteiger partial charge in [-0.3, -0.25) is 4.79 Å². The van der Waals surface area contributed by atoms with E-state index in [4.69, 9.17) is 4.52 Å². The molecule has 138 valence electrons. The van der Waals surface area contributed by atoms with Crippen molar-refractivity contribution in [3.63, 3.8) is 0 Å². The molecule has 0 saturated heterocycles. The van der Waals surface area contributed by atoms with Gasteiger partial charge < -0.3 is 9.42 Å². The van der Waals surface area contributed by atoms with Crippen LogP contribution < -0.4 is 0 Å². The van der Waals surface area contributed by atoms with Crippen molar-refractivity contribution in [2.75, 3.05) is 13.1 Å². The molecule has 1 amide bonds. The first-order valence-corrected chi connectivity index (χ1v) is 9.59. The van der Waals surface area contributed by atoms with Gasteiger partial charge in [-0.05, 0) is 38.2 Å². The zero-order valence-corrected chi connectivity index (χ0v) is 15.8. The molecule has 1 aromatic heterocycles. The van der Waals surface area contributed by atoms with E-state index in [1.165, 1.54) is 37.7 Å². The van der Waals surface area contributed by atoms with E-state index < -0.39 is 0 Å². The average molecular weight is 352 g/mol. The van der Waals surface area contributed by atoms with E-state index in [-0.39, 0.29) is 5.91 Å². The first-order chi connectivity index (χ1) is 12.6. The van der Waals surface area contributed by atoms with Crippen LogP contribution in [0.15, 0.2) is 47.0 Å². The molecular weight excluding hydrogens is 324 g/mol. The molecule has 1 aromatic carbocycles. The van der Waals surface area contributed by atoms with Crippen molar-refractivity contribution in [1.82, 2.24) is 10.1 Å². The predicted molar refractivity (Wildman–Crippen MR) is 104 cm³/mol. The van der Waals surface area contributed by atoms with Crippen molar-refractivity contribution in [1.29, 1.82) is 0 Å². The minimum Gasteiger partial charge on any atom is -0.355 e. The van der Waals surface area contributed by atoms with Crippen molar-refractivity contribution in [3.05, 3.63) is 53.7 Å². The first-order valence-electron chi connectivity index (χ1n) is 9.59. The van der Waals surface area contributed by atoms with Gasteiger partial charge in [0.1, 0.15) is 0 Å². The number of hydrogen-bond acceptors (Lipinski definition) is 3. The van der Waals surface area contributed by atoms with Crippen LogP contribution in [0.4, 0.5) is 0 Å². The Labute approximate surface area is 155 Å². The minimum atomic E-state index is -0.121. The molecule has 1 fully saturated rings. The molecule has 3 rings (SSSR count). The summed E-state index contributed by atoms with van der Waals surface area (Å²) in [6, 6.07) is 10.3. The van der Waals surface area contributed by atoms with Crippen molar-refractivity contribution in [2.45, 2.75) is 51.9 Å². The number of amides is 1. The lowest BCUT2D eigenvalue weighted by atomic mass is 9.84. The van der Waals surface area contributed by atoms with E-state index in [9.17, 15) is 4.79 Å². The summed E-state index contributed by atoms with van der Waals surface area (Å²) in [6.45, 7) is 8.90. The molecular formula is C22H28N2O2. The lowest BCUT2D eigenvalue weighted by Crippen LogP contribution is -2.32. The zero-order chi connectivity index (χ0) is 18.5. The molecule has 4 heteroatoms. The Hall–Kier alpha value is -2.36. The third-order valence-electron chi connectivity index (χ3n) is 5.13. The fraction of sp³-hybridized carbons (Fsp3) is 0.455. The van der Waals surface area contributed by atoms with Crippen LogP contribution in [0.25, 0.3) is 11.3 Å². The van der Waals surface area contributed by atoms with E-state index in [0.717, 1.165) is 11.1 Å². The fourth-order valence-electron chi connectivity index (χ4n) is 3.68. The largest absolute Gasteiger partial charge is 0.355 e. The summed E-state index contributed by atoms with van der Waals surface area (Å²) in [7, 11) is 0. The topological polar surface area (TPSA) is 46.3 Å². The van der Waals surface area contributed by atoms with Crippen LogP contribution in [-0.4, -0.2) is 29.1 Å². The van der Waals surface area contributed by atoms with E-state index in [1.54, 1.807) is 11.0 Å². The highest BCUT2D eigenvalue weighted by atomic mass is 16.5. The van der Waals surface area contributed by atoms with Gasteiger partial charge in [0, 0.05) is 24.7 Å². The second-order valence-electron chi connectivity index (χ2n) is 7.31. The second kappa shape index (κ2) is 8.35. The van der Waals surface area contributed by atoms with Gasteiger partial charge in [0.15, 0.2) is 11.5 Å². The lowest BCUT2D eigenvalue weighted by molar-refractivity contribution is 0.0768. The molecule has 1 aliphatic rings. The van der Waals surface area contributed by atoms with Crippen LogP contribution in [0.2, 0.25) is 0 Å². The van der Waals surface area contributed by atoms with E-state index in [0.29, 0.717) is 30.5 Å². The van der Waals surface area contributed by atoms with Gasteiger partial charge in [-0.15, -0.1) is 0 Å². The summed E-state index contributed by atoms with van der Waals surface area (Å²) >= 11 is 0. The number of benzene rings is 1. The van der Waals surface area contributed by atoms with E-state index in [2.05, 4.69) is 36.0 Å². The van der Waals surface area contributed by atoms with Crippen molar-refractivity contribution < 1.29 is 9.32 Å². The predicted octanol–water partition coefficient (Wildman–Crippen LogP) is 5.43. The van der Waals surface area contributed by atoms with Gasteiger partial charge in [-0.1, -0.05) is 60.8 Å². The summed E-state index contributed by atoms with van der Waals surface area (Å²) in [6.07, 6.45) is 6.60. The highest BCUT2D eigenvalue weighted by Crippen LogP contribution is 2.33. The van der Waals surface area contributed by atoms with Crippen LogP contribution in [0.5, 0.6) is 0 Å². The normalized spacial score (nSPS) is 15.0. The highest BCUT2D eigenvalue weighted by Gasteiger charge is 2.20. The second-order valence-corrected chi connectivity index (χ2v) is 7.31. The SMILES string of the molecule is C=C(C)CN(CC)C(=O)c1cc(-c2ccc(C3CCCCC3)cc2)on1. The summed E-state index contributed by atoms with van der Waals surface area (Å²) in [5, 5.41) is 3.99. The van der Waals surface area contributed by atoms with Crippen LogP contribution in [0.3, 0.4) is 0 Å². The molecule has 2 aromatic rings. The number of nitrogens with zero attached hydrogens (tertiary/aromatic N) is 2. The summed E-state index contributed by atoms with van der Waals surface area (Å²) < 4.78 is 5.44. The van der Waals surface area contributed by atoms with Crippen LogP contribution in [-0.2, 0) is 0 Å². The summed E-state index contributed by atoms with van der Waals surface area (Å²) in [4.78, 5) is 14.3. The molecule has 26 heavy (non-hydrogen) atoms. The van der Waals surface area contributed by atoms with Crippen LogP contribution in [0.1, 0.15) is 67.9 Å². The maximum absolute atomic E-state index is 12.6. The maximum Gasteiger partial charge on any atom is 0.276 e. The molecule has 0 radical (unpaired) electrons. The van der Waals surface area contributed by atoms with E-state index in [1.807, 2.05) is 13.8 Å². The summed E-state index contributed by atoms with van der Waals surface area (Å²) in [5.41, 5.74) is 3.66. The molecule has 1 heterocycles. The Bertz CT molecular complexity index is 755. The molecule has 0 N–H and O–H groups in total. The number of hydrogen-bond donors (Lipinski definition) is 0. The third-order valence-corrected chi connectivity index (χ3v) is 5.13. The Morgan fingerprint density at radius 3 is 2.54 bits per heavy atom. The fourth-order valence-corrected chi connectivity index (χ4v) is 3.68. The highest BCUT2D eigenvalue weighted by molar-refractivity contribution is 5.93. The van der Waals surface area contributed by atoms with Gasteiger partial charge >= 0.3 is 0 Å². The van der Waals surface area contributed by atoms with Crippen molar-refractivity contribution in [3.8, 4) is 11.3 Å². The molecule has 0 spiro atoms. The van der Waals surface area contributed by atoms with Crippen molar-refractivity contribution >= 4 is 5.91 Å². The van der Waals surface area contributed by atoms with E-state index >= 15 is 0 Å². The smallest absolute Gasteiger partial charge is 0.276 e. The third kappa shape index (κ3) is 4.24. The monoisotopic (exact) mass is 352 g/mol. The maximum atomic E-state index is 12.6. The van der Waals surface area contributed by atoms with Gasteiger partial charge in [-0.2, -0.15) is 0 Å². The van der Waals surface area contributed by atoms with Crippen LogP contribution >= 0.6 is 0 Å². The summed E-state index contributed by atoms with van der Waals surface area (Å²) in [5.74, 6) is 1.20. The van der Waals surface area contributed by atoms with Gasteiger partial charge in [0.05, 0.1) is 0 Å². The van der Waals surface area contributed by atoms with Gasteiger partial charge in [0.25, 0.3) is 5.91 Å². The zero-order valence-electron chi connectivity index (χ0n) is 15.8. The molecule has 4 nitrogen and oxygen atoms in total. The first kappa shape index (κ1) is 18.4. The number of carbonyl (C=O) groups excluding carboxylic acids is 1. The Morgan fingerprint density at radius 1 is 1.23 bits per heavy atom. The Morgan fingerprint density at radius 2 is 1.92 bits per heavy atom. The van der Waals surface area contributed by atoms with Gasteiger partial charge in [-0.25, -0.2) is 0 Å². The molecule has 1 aliphatic carbocycles. The average Bonchev–Trinajstić information content (AvgIpc) is 3.16. The van der Waals surface area contributed by atoms with Gasteiger partial charge in [0.2, 0.25) is 0 Å². The molecule has 0 bridgehead atoms. The number of carbonyl (C=O) groups is 1. The number of aromatic nitrogens is 1. The quantitative estimate of drug-likeness (QED) is 0.651. The molecule has 1 saturated carbocycles. The molecule has 0 atom stereocenters.